The Labute approximate surface area is 266 Å². The van der Waals surface area contributed by atoms with Crippen LogP contribution in [0.25, 0.3) is 22.2 Å². The summed E-state index contributed by atoms with van der Waals surface area (Å²) in [6.45, 7) is 2.76. The lowest BCUT2D eigenvalue weighted by Crippen LogP contribution is -2.52. The van der Waals surface area contributed by atoms with E-state index >= 15 is 0 Å². The molecule has 2 aliphatic carbocycles. The van der Waals surface area contributed by atoms with Crippen LogP contribution in [-0.4, -0.2) is 72.4 Å². The molecule has 2 aromatic carbocycles. The van der Waals surface area contributed by atoms with Crippen molar-refractivity contribution in [2.45, 2.75) is 82.2 Å². The highest BCUT2D eigenvalue weighted by molar-refractivity contribution is 6.00. The van der Waals surface area contributed by atoms with E-state index in [9.17, 15) is 22.8 Å². The Morgan fingerprint density at radius 1 is 0.978 bits per heavy atom. The van der Waals surface area contributed by atoms with Gasteiger partial charge in [0.05, 0.1) is 23.8 Å². The number of benzene rings is 2. The van der Waals surface area contributed by atoms with Crippen molar-refractivity contribution >= 4 is 22.8 Å². The molecule has 0 N–H and O–H groups in total. The molecule has 0 spiro atoms. The summed E-state index contributed by atoms with van der Waals surface area (Å²) in [5, 5.41) is 0.986. The molecule has 244 valence electrons. The summed E-state index contributed by atoms with van der Waals surface area (Å²) in [6, 6.07) is 10.6. The van der Waals surface area contributed by atoms with Crippen molar-refractivity contribution in [3.05, 3.63) is 53.1 Å². The van der Waals surface area contributed by atoms with Gasteiger partial charge in [-0.1, -0.05) is 37.5 Å². The average molecular weight is 636 g/mol. The smallest absolute Gasteiger partial charge is 0.465 e. The Morgan fingerprint density at radius 2 is 1.78 bits per heavy atom. The molecule has 0 radical (unpaired) electrons. The Kier molecular flexibility index (Phi) is 6.98. The Morgan fingerprint density at radius 3 is 2.54 bits per heavy atom. The van der Waals surface area contributed by atoms with Crippen molar-refractivity contribution in [3.63, 3.8) is 0 Å². The molecule has 46 heavy (non-hydrogen) atoms. The van der Waals surface area contributed by atoms with E-state index < -0.39 is 23.7 Å². The van der Waals surface area contributed by atoms with Gasteiger partial charge < -0.3 is 23.8 Å². The molecule has 3 aromatic rings. The number of carbonyl (C=O) groups excluding carboxylic acids is 2. The first-order chi connectivity index (χ1) is 22.1. The molecule has 5 aliphatic rings. The normalized spacial score (nSPS) is 27.8. The average Bonchev–Trinajstić information content (AvgIpc) is 3.52. The largest absolute Gasteiger partial charge is 0.573 e. The van der Waals surface area contributed by atoms with E-state index in [2.05, 4.69) is 21.4 Å². The summed E-state index contributed by atoms with van der Waals surface area (Å²) >= 11 is 0. The number of likely N-dealkylation sites (tertiary alicyclic amines) is 2. The number of piperidine rings is 1. The number of carbonyl (C=O) groups is 2. The third kappa shape index (κ3) is 4.65. The van der Waals surface area contributed by atoms with Crippen LogP contribution in [-0.2, 0) is 16.1 Å². The van der Waals surface area contributed by atoms with Crippen molar-refractivity contribution in [1.29, 1.82) is 0 Å². The third-order valence-corrected chi connectivity index (χ3v) is 11.6. The number of hydrogen-bond acceptors (Lipinski definition) is 5. The minimum absolute atomic E-state index is 0.0355. The van der Waals surface area contributed by atoms with E-state index in [0.29, 0.717) is 42.1 Å². The highest BCUT2D eigenvalue weighted by Gasteiger charge is 2.65. The topological polar surface area (TPSA) is 64.0 Å². The van der Waals surface area contributed by atoms with Crippen molar-refractivity contribution in [3.8, 4) is 17.0 Å². The Bertz CT molecular complexity index is 1730. The number of amides is 1. The van der Waals surface area contributed by atoms with Gasteiger partial charge in [-0.05, 0) is 74.8 Å². The maximum Gasteiger partial charge on any atom is 0.573 e. The van der Waals surface area contributed by atoms with Gasteiger partial charge in [-0.3, -0.25) is 4.79 Å². The number of esters is 1. The molecule has 0 bridgehead atoms. The SMILES string of the molecule is COC(=O)c1ccc2c(C3CCCCC3)c3n(c2c1)CC1(C(=O)N2CCCC4CN(C)CC42)CC1c1c(OC(F)(F)F)cccc1-3. The van der Waals surface area contributed by atoms with Crippen LogP contribution in [0.2, 0.25) is 0 Å². The summed E-state index contributed by atoms with van der Waals surface area (Å²) in [5.41, 5.74) is 3.47. The number of fused-ring (bicyclic) bond motifs is 8. The molecule has 2 saturated carbocycles. The number of aromatic nitrogens is 1. The van der Waals surface area contributed by atoms with Crippen LogP contribution in [0.1, 0.15) is 84.7 Å². The van der Waals surface area contributed by atoms with Crippen molar-refractivity contribution < 1.29 is 32.2 Å². The Hall–Kier alpha value is -3.53. The van der Waals surface area contributed by atoms with E-state index in [0.717, 1.165) is 80.2 Å². The van der Waals surface area contributed by atoms with E-state index in [1.807, 2.05) is 18.2 Å². The van der Waals surface area contributed by atoms with Crippen LogP contribution in [0.15, 0.2) is 36.4 Å². The maximum absolute atomic E-state index is 15.0. The lowest BCUT2D eigenvalue weighted by Gasteiger charge is -2.39. The number of alkyl halides is 3. The number of rotatable bonds is 4. The molecule has 8 rings (SSSR count). The van der Waals surface area contributed by atoms with Crippen LogP contribution in [0, 0.1) is 11.3 Å². The minimum Gasteiger partial charge on any atom is -0.465 e. The van der Waals surface area contributed by atoms with Gasteiger partial charge in [0.15, 0.2) is 0 Å². The lowest BCUT2D eigenvalue weighted by molar-refractivity contribution is -0.274. The summed E-state index contributed by atoms with van der Waals surface area (Å²) in [5.74, 6) is -0.424. The molecular weight excluding hydrogens is 595 g/mol. The standard InChI is InChI=1S/C36H40F3N3O4/c1-40-18-23-10-7-15-41(28(23)19-40)34(44)35-17-26(35)31-25(11-6-12-29(31)46-36(37,38)39)32-30(21-8-4-3-5-9-21)24-14-13-22(33(43)45-2)16-27(24)42(32)20-35/h6,11-14,16,21,23,26,28H,3-5,7-10,15,17-20H2,1-2H3. The van der Waals surface area contributed by atoms with Crippen LogP contribution >= 0.6 is 0 Å². The second kappa shape index (κ2) is 10.8. The van der Waals surface area contributed by atoms with Crippen LogP contribution in [0.4, 0.5) is 13.2 Å². The molecule has 1 amide bonds. The summed E-state index contributed by atoms with van der Waals surface area (Å²) in [7, 11) is 3.44. The van der Waals surface area contributed by atoms with E-state index in [4.69, 9.17) is 9.47 Å². The van der Waals surface area contributed by atoms with E-state index in [1.54, 1.807) is 12.1 Å². The van der Waals surface area contributed by atoms with Gasteiger partial charge in [0, 0.05) is 60.2 Å². The number of halogens is 3. The Balaban J connectivity index is 1.36. The first-order valence-electron chi connectivity index (χ1n) is 16.7. The van der Waals surface area contributed by atoms with Gasteiger partial charge in [-0.2, -0.15) is 0 Å². The third-order valence-electron chi connectivity index (χ3n) is 11.6. The zero-order valence-electron chi connectivity index (χ0n) is 26.4. The van der Waals surface area contributed by atoms with Gasteiger partial charge in [-0.15, -0.1) is 13.2 Å². The van der Waals surface area contributed by atoms with Crippen molar-refractivity contribution in [1.82, 2.24) is 14.4 Å². The number of nitrogens with zero attached hydrogens (tertiary/aromatic N) is 3. The fourth-order valence-electron chi connectivity index (χ4n) is 9.58. The molecule has 4 heterocycles. The predicted octanol–water partition coefficient (Wildman–Crippen LogP) is 7.08. The van der Waals surface area contributed by atoms with E-state index in [-0.39, 0.29) is 23.6 Å². The molecule has 1 aromatic heterocycles. The fourth-order valence-corrected chi connectivity index (χ4v) is 9.58. The molecule has 2 saturated heterocycles. The second-order valence-corrected chi connectivity index (χ2v) is 14.3. The highest BCUT2D eigenvalue weighted by atomic mass is 19.4. The maximum atomic E-state index is 15.0. The molecule has 4 atom stereocenters. The van der Waals surface area contributed by atoms with Gasteiger partial charge in [0.1, 0.15) is 5.75 Å². The zero-order chi connectivity index (χ0) is 32.0. The molecule has 10 heteroatoms. The second-order valence-electron chi connectivity index (χ2n) is 14.3. The van der Waals surface area contributed by atoms with Crippen molar-refractivity contribution in [2.75, 3.05) is 33.8 Å². The first-order valence-corrected chi connectivity index (χ1v) is 16.7. The van der Waals surface area contributed by atoms with Crippen LogP contribution in [0.3, 0.4) is 0 Å². The quantitative estimate of drug-likeness (QED) is 0.287. The molecule has 4 unspecified atom stereocenters. The molecule has 4 fully saturated rings. The first kappa shape index (κ1) is 29.8. The molecular formula is C36H40F3N3O4. The van der Waals surface area contributed by atoms with Gasteiger partial charge in [-0.25, -0.2) is 4.79 Å². The molecule has 7 nitrogen and oxygen atoms in total. The minimum atomic E-state index is -4.87. The highest BCUT2D eigenvalue weighted by Crippen LogP contribution is 2.68. The predicted molar refractivity (Wildman–Crippen MR) is 167 cm³/mol. The fraction of sp³-hybridized carbons (Fsp3) is 0.556. The number of hydrogen-bond donors (Lipinski definition) is 0. The van der Waals surface area contributed by atoms with Gasteiger partial charge in [0.2, 0.25) is 5.91 Å². The molecule has 3 aliphatic heterocycles. The van der Waals surface area contributed by atoms with Crippen molar-refractivity contribution in [2.24, 2.45) is 11.3 Å². The number of ether oxygens (including phenoxy) is 2. The van der Waals surface area contributed by atoms with E-state index in [1.165, 1.54) is 13.2 Å². The summed E-state index contributed by atoms with van der Waals surface area (Å²) in [6.07, 6.45) is 2.87. The number of likely N-dealkylation sites (N-methyl/N-ethyl adjacent to an activating group) is 1. The summed E-state index contributed by atoms with van der Waals surface area (Å²) in [4.78, 5) is 32.0. The van der Waals surface area contributed by atoms with Gasteiger partial charge in [0.25, 0.3) is 0 Å². The van der Waals surface area contributed by atoms with Gasteiger partial charge >= 0.3 is 12.3 Å². The number of methoxy groups -OCH3 is 1. The van der Waals surface area contributed by atoms with Crippen LogP contribution in [0.5, 0.6) is 5.75 Å². The monoisotopic (exact) mass is 635 g/mol. The lowest BCUT2D eigenvalue weighted by atomic mass is 9.81. The van der Waals surface area contributed by atoms with Crippen LogP contribution < -0.4 is 4.74 Å². The zero-order valence-corrected chi connectivity index (χ0v) is 26.4. The summed E-state index contributed by atoms with van der Waals surface area (Å²) < 4.78 is 53.7.